The van der Waals surface area contributed by atoms with Crippen molar-refractivity contribution in [1.29, 1.82) is 0 Å². The van der Waals surface area contributed by atoms with E-state index in [0.717, 1.165) is 19.4 Å². The molecule has 19 heavy (non-hydrogen) atoms. The molecule has 1 rings (SSSR count). The van der Waals surface area contributed by atoms with Gasteiger partial charge in [-0.2, -0.15) is 0 Å². The van der Waals surface area contributed by atoms with Gasteiger partial charge in [0.25, 0.3) is 0 Å². The van der Waals surface area contributed by atoms with E-state index in [0.29, 0.717) is 17.9 Å². The Hall–Kier alpha value is -0.610. The first-order chi connectivity index (χ1) is 8.88. The molecule has 1 aliphatic rings. The molecular weight excluding hydrogens is 242 g/mol. The monoisotopic (exact) mass is 271 g/mol. The highest BCUT2D eigenvalue weighted by atomic mass is 16.5. The summed E-state index contributed by atoms with van der Waals surface area (Å²) in [4.78, 5) is 11.6. The Bertz CT molecular complexity index is 291. The van der Waals surface area contributed by atoms with Gasteiger partial charge in [0.2, 0.25) is 0 Å². The van der Waals surface area contributed by atoms with Crippen LogP contribution in [-0.4, -0.2) is 38.4 Å². The molecule has 0 heterocycles. The summed E-state index contributed by atoms with van der Waals surface area (Å²) in [6, 6.07) is -0.352. The van der Waals surface area contributed by atoms with Crippen LogP contribution in [0, 0.1) is 11.3 Å². The summed E-state index contributed by atoms with van der Waals surface area (Å²) in [7, 11) is 1.42. The van der Waals surface area contributed by atoms with E-state index in [1.807, 2.05) is 6.92 Å². The highest BCUT2D eigenvalue weighted by Crippen LogP contribution is 2.39. The lowest BCUT2D eigenvalue weighted by atomic mass is 9.71. The number of carbonyl (C=O) groups is 1. The fourth-order valence-electron chi connectivity index (χ4n) is 3.22. The van der Waals surface area contributed by atoms with Crippen LogP contribution in [0.2, 0.25) is 0 Å². The van der Waals surface area contributed by atoms with Gasteiger partial charge in [-0.1, -0.05) is 27.7 Å². The molecule has 1 aliphatic carbocycles. The lowest BCUT2D eigenvalue weighted by molar-refractivity contribution is -0.146. The van der Waals surface area contributed by atoms with Crippen LogP contribution in [0.5, 0.6) is 0 Å². The minimum absolute atomic E-state index is 0.245. The second-order valence-corrected chi connectivity index (χ2v) is 6.50. The zero-order valence-corrected chi connectivity index (χ0v) is 13.0. The van der Waals surface area contributed by atoms with Gasteiger partial charge in [0.15, 0.2) is 0 Å². The summed E-state index contributed by atoms with van der Waals surface area (Å²) in [5.41, 5.74) is 0.335. The lowest BCUT2D eigenvalue weighted by Gasteiger charge is -2.39. The summed E-state index contributed by atoms with van der Waals surface area (Å²) >= 11 is 0. The summed E-state index contributed by atoms with van der Waals surface area (Å²) in [6.45, 7) is 9.97. The number of esters is 1. The van der Waals surface area contributed by atoms with Crippen LogP contribution in [0.25, 0.3) is 0 Å². The first kappa shape index (κ1) is 16.4. The van der Waals surface area contributed by atoms with Gasteiger partial charge in [-0.05, 0) is 37.1 Å². The largest absolute Gasteiger partial charge is 0.468 e. The molecule has 1 saturated carbocycles. The molecule has 4 heteroatoms. The van der Waals surface area contributed by atoms with Crippen LogP contribution in [0.15, 0.2) is 0 Å². The number of methoxy groups -OCH3 is 1. The van der Waals surface area contributed by atoms with Crippen molar-refractivity contribution in [3.63, 3.8) is 0 Å². The number of hydrogen-bond acceptors (Lipinski definition) is 4. The molecule has 0 aromatic heterocycles. The minimum Gasteiger partial charge on any atom is -0.468 e. The predicted octanol–water partition coefficient (Wildman–Crippen LogP) is 2.37. The average molecular weight is 271 g/mol. The van der Waals surface area contributed by atoms with Crippen LogP contribution in [0.3, 0.4) is 0 Å². The van der Waals surface area contributed by atoms with E-state index in [-0.39, 0.29) is 18.1 Å². The fraction of sp³-hybridized carbons (Fsp3) is 0.933. The van der Waals surface area contributed by atoms with Crippen molar-refractivity contribution in [2.75, 3.05) is 20.3 Å². The van der Waals surface area contributed by atoms with Crippen molar-refractivity contribution in [3.05, 3.63) is 0 Å². The second-order valence-electron chi connectivity index (χ2n) is 6.50. The number of likely N-dealkylation sites (N-methyl/N-ethyl adjacent to an activating group) is 1. The van der Waals surface area contributed by atoms with Crippen molar-refractivity contribution in [3.8, 4) is 0 Å². The highest BCUT2D eigenvalue weighted by Gasteiger charge is 2.33. The van der Waals surface area contributed by atoms with E-state index in [4.69, 9.17) is 9.47 Å². The van der Waals surface area contributed by atoms with Gasteiger partial charge in [0.1, 0.15) is 6.04 Å². The molecule has 3 atom stereocenters. The number of carbonyl (C=O) groups excluding carboxylic acids is 1. The number of rotatable bonds is 6. The maximum absolute atomic E-state index is 11.6. The van der Waals surface area contributed by atoms with Crippen LogP contribution in [0.4, 0.5) is 0 Å². The molecule has 0 spiro atoms. The van der Waals surface area contributed by atoms with Gasteiger partial charge in [-0.3, -0.25) is 4.79 Å². The smallest absolute Gasteiger partial charge is 0.325 e. The number of hydrogen-bond donors (Lipinski definition) is 1. The quantitative estimate of drug-likeness (QED) is 0.753. The number of ether oxygens (including phenoxy) is 2. The van der Waals surface area contributed by atoms with E-state index >= 15 is 0 Å². The Kier molecular flexibility index (Phi) is 6.27. The van der Waals surface area contributed by atoms with Crippen LogP contribution >= 0.6 is 0 Å². The Labute approximate surface area is 117 Å². The molecule has 0 saturated heterocycles. The third-order valence-corrected chi connectivity index (χ3v) is 3.78. The van der Waals surface area contributed by atoms with Gasteiger partial charge >= 0.3 is 5.97 Å². The van der Waals surface area contributed by atoms with Crippen molar-refractivity contribution in [2.45, 2.75) is 59.1 Å². The summed E-state index contributed by atoms with van der Waals surface area (Å²) < 4.78 is 10.7. The van der Waals surface area contributed by atoms with Gasteiger partial charge in [0.05, 0.1) is 19.8 Å². The zero-order valence-electron chi connectivity index (χ0n) is 13.0. The molecule has 112 valence electrons. The lowest BCUT2D eigenvalue weighted by Crippen LogP contribution is -2.43. The normalized spacial score (nSPS) is 27.8. The van der Waals surface area contributed by atoms with Crippen molar-refractivity contribution < 1.29 is 14.3 Å². The summed E-state index contributed by atoms with van der Waals surface area (Å²) in [5.74, 6) is 0.439. The predicted molar refractivity (Wildman–Crippen MR) is 76.0 cm³/mol. The molecule has 4 nitrogen and oxygen atoms in total. The summed E-state index contributed by atoms with van der Waals surface area (Å²) in [5, 5.41) is 3.11. The first-order valence-corrected chi connectivity index (χ1v) is 7.30. The third-order valence-electron chi connectivity index (χ3n) is 3.78. The Balaban J connectivity index is 2.47. The van der Waals surface area contributed by atoms with E-state index in [9.17, 15) is 4.79 Å². The zero-order chi connectivity index (χ0) is 14.5. The third kappa shape index (κ3) is 5.49. The topological polar surface area (TPSA) is 47.6 Å². The molecular formula is C15H29NO3. The van der Waals surface area contributed by atoms with Gasteiger partial charge in [-0.25, -0.2) is 0 Å². The molecule has 0 radical (unpaired) electrons. The first-order valence-electron chi connectivity index (χ1n) is 7.30. The van der Waals surface area contributed by atoms with Gasteiger partial charge < -0.3 is 14.8 Å². The van der Waals surface area contributed by atoms with Crippen molar-refractivity contribution in [1.82, 2.24) is 5.32 Å². The Morgan fingerprint density at radius 3 is 2.63 bits per heavy atom. The molecule has 1 fully saturated rings. The molecule has 0 aliphatic heterocycles. The second kappa shape index (κ2) is 7.25. The Morgan fingerprint density at radius 1 is 1.42 bits per heavy atom. The fourth-order valence-corrected chi connectivity index (χ4v) is 3.22. The van der Waals surface area contributed by atoms with Crippen LogP contribution < -0.4 is 5.32 Å². The van der Waals surface area contributed by atoms with Crippen molar-refractivity contribution in [2.24, 2.45) is 11.3 Å². The van der Waals surface area contributed by atoms with E-state index in [1.54, 1.807) is 0 Å². The number of nitrogens with one attached hydrogen (secondary N) is 1. The minimum atomic E-state index is -0.352. The average Bonchev–Trinajstić information content (AvgIpc) is 2.31. The highest BCUT2D eigenvalue weighted by molar-refractivity contribution is 5.75. The Morgan fingerprint density at radius 2 is 2.11 bits per heavy atom. The molecule has 3 unspecified atom stereocenters. The molecule has 0 amide bonds. The maximum atomic E-state index is 11.6. The van der Waals surface area contributed by atoms with E-state index in [2.05, 4.69) is 26.1 Å². The maximum Gasteiger partial charge on any atom is 0.325 e. The standard InChI is InChI=1S/C15H29NO3/c1-6-16-13(14(17)18-5)10-19-12-7-11(2)8-15(3,4)9-12/h11-13,16H,6-10H2,1-5H3. The SMILES string of the molecule is CCNC(COC1CC(C)CC(C)(C)C1)C(=O)OC. The van der Waals surface area contributed by atoms with Crippen LogP contribution in [-0.2, 0) is 14.3 Å². The van der Waals surface area contributed by atoms with E-state index < -0.39 is 0 Å². The molecule has 0 bridgehead atoms. The van der Waals surface area contributed by atoms with Gasteiger partial charge in [0, 0.05) is 0 Å². The van der Waals surface area contributed by atoms with Crippen LogP contribution in [0.1, 0.15) is 47.0 Å². The molecule has 0 aromatic carbocycles. The molecule has 1 N–H and O–H groups in total. The van der Waals surface area contributed by atoms with Gasteiger partial charge in [-0.15, -0.1) is 0 Å². The summed E-state index contributed by atoms with van der Waals surface area (Å²) in [6.07, 6.45) is 3.66. The van der Waals surface area contributed by atoms with E-state index in [1.165, 1.54) is 13.5 Å². The molecule has 0 aromatic rings. The van der Waals surface area contributed by atoms with Crippen molar-refractivity contribution >= 4 is 5.97 Å².